The van der Waals surface area contributed by atoms with Gasteiger partial charge in [0.25, 0.3) is 5.91 Å². The van der Waals surface area contributed by atoms with E-state index in [0.717, 1.165) is 19.3 Å². The highest BCUT2D eigenvalue weighted by Gasteiger charge is 2.27. The molecule has 0 saturated heterocycles. The molecule has 1 aliphatic carbocycles. The monoisotopic (exact) mass is 312 g/mol. The molecule has 21 heavy (non-hydrogen) atoms. The number of thiazole rings is 1. The summed E-state index contributed by atoms with van der Waals surface area (Å²) in [7, 11) is 0. The summed E-state index contributed by atoms with van der Waals surface area (Å²) >= 11 is 1.29. The number of carbonyl (C=O) groups is 1. The summed E-state index contributed by atoms with van der Waals surface area (Å²) in [4.78, 5) is 17.0. The fourth-order valence-electron chi connectivity index (χ4n) is 2.19. The number of anilines is 2. The van der Waals surface area contributed by atoms with Crippen LogP contribution < -0.4 is 16.4 Å². The first-order chi connectivity index (χ1) is 9.97. The van der Waals surface area contributed by atoms with Crippen molar-refractivity contribution in [1.29, 1.82) is 0 Å². The maximum absolute atomic E-state index is 12.4. The van der Waals surface area contributed by atoms with Gasteiger partial charge in [0.05, 0.1) is 0 Å². The van der Waals surface area contributed by atoms with Crippen LogP contribution >= 0.6 is 11.3 Å². The van der Waals surface area contributed by atoms with Crippen LogP contribution in [0.25, 0.3) is 0 Å². The van der Waals surface area contributed by atoms with Gasteiger partial charge in [-0.15, -0.1) is 0 Å². The fraction of sp³-hybridized carbons (Fsp3) is 0.714. The minimum absolute atomic E-state index is 0.0390. The van der Waals surface area contributed by atoms with E-state index < -0.39 is 5.54 Å². The van der Waals surface area contributed by atoms with E-state index >= 15 is 0 Å². The Morgan fingerprint density at radius 1 is 1.57 bits per heavy atom. The van der Waals surface area contributed by atoms with Crippen LogP contribution in [0, 0.1) is 0 Å². The van der Waals surface area contributed by atoms with Crippen molar-refractivity contribution in [3.63, 3.8) is 0 Å². The fourth-order valence-corrected chi connectivity index (χ4v) is 3.05. The number of rotatable bonds is 7. The van der Waals surface area contributed by atoms with Crippen LogP contribution in [0.5, 0.6) is 0 Å². The number of amides is 1. The average molecular weight is 312 g/mol. The SMILES string of the molecule is CCC(C)(CCO)NC(=O)c1sc(NC2CCC2)nc1N. The molecule has 1 amide bonds. The predicted molar refractivity (Wildman–Crippen MR) is 85.7 cm³/mol. The molecule has 0 spiro atoms. The Labute approximate surface area is 129 Å². The first kappa shape index (κ1) is 16.0. The van der Waals surface area contributed by atoms with Crippen molar-refractivity contribution in [3.05, 3.63) is 4.88 Å². The summed E-state index contributed by atoms with van der Waals surface area (Å²) in [6.07, 6.45) is 4.78. The number of nitrogens with zero attached hydrogens (tertiary/aromatic N) is 1. The Hall–Kier alpha value is -1.34. The van der Waals surface area contributed by atoms with Crippen LogP contribution in [0.15, 0.2) is 0 Å². The lowest BCUT2D eigenvalue weighted by molar-refractivity contribution is 0.0891. The lowest BCUT2D eigenvalue weighted by atomic mass is 9.93. The van der Waals surface area contributed by atoms with Crippen molar-refractivity contribution in [2.45, 2.75) is 57.5 Å². The molecular weight excluding hydrogens is 288 g/mol. The Kier molecular flexibility index (Phi) is 5.05. The molecule has 1 atom stereocenters. The largest absolute Gasteiger partial charge is 0.396 e. The summed E-state index contributed by atoms with van der Waals surface area (Å²) in [5, 5.41) is 16.1. The van der Waals surface area contributed by atoms with Crippen molar-refractivity contribution in [3.8, 4) is 0 Å². The second-order valence-electron chi connectivity index (χ2n) is 5.85. The number of nitrogens with one attached hydrogen (secondary N) is 2. The molecule has 118 valence electrons. The van der Waals surface area contributed by atoms with Gasteiger partial charge in [0.1, 0.15) is 10.7 Å². The first-order valence-electron chi connectivity index (χ1n) is 7.43. The van der Waals surface area contributed by atoms with Crippen molar-refractivity contribution in [1.82, 2.24) is 10.3 Å². The topological polar surface area (TPSA) is 100 Å². The average Bonchev–Trinajstić information content (AvgIpc) is 2.75. The molecule has 1 heterocycles. The Bertz CT molecular complexity index is 501. The van der Waals surface area contributed by atoms with Crippen molar-refractivity contribution in [2.75, 3.05) is 17.7 Å². The molecule has 0 aliphatic heterocycles. The minimum atomic E-state index is -0.427. The maximum atomic E-state index is 12.4. The molecule has 2 rings (SSSR count). The Morgan fingerprint density at radius 2 is 2.29 bits per heavy atom. The van der Waals surface area contributed by atoms with E-state index in [1.165, 1.54) is 17.8 Å². The zero-order chi connectivity index (χ0) is 15.5. The summed E-state index contributed by atoms with van der Waals surface area (Å²) in [5.74, 6) is 0.0474. The molecule has 5 N–H and O–H groups in total. The molecule has 1 unspecified atom stereocenters. The van der Waals surface area contributed by atoms with Gasteiger partial charge in [0.2, 0.25) is 0 Å². The Morgan fingerprint density at radius 3 is 2.81 bits per heavy atom. The third kappa shape index (κ3) is 3.85. The van der Waals surface area contributed by atoms with Crippen LogP contribution in [0.3, 0.4) is 0 Å². The number of aliphatic hydroxyl groups excluding tert-OH is 1. The van der Waals surface area contributed by atoms with Crippen LogP contribution in [-0.2, 0) is 0 Å². The van der Waals surface area contributed by atoms with E-state index in [0.29, 0.717) is 22.5 Å². The highest BCUT2D eigenvalue weighted by Crippen LogP contribution is 2.30. The number of nitrogens with two attached hydrogens (primary N) is 1. The third-order valence-corrected chi connectivity index (χ3v) is 5.15. The van der Waals surface area contributed by atoms with Gasteiger partial charge in [-0.3, -0.25) is 4.79 Å². The number of hydrogen-bond donors (Lipinski definition) is 4. The second kappa shape index (κ2) is 6.62. The molecule has 1 aromatic heterocycles. The lowest BCUT2D eigenvalue weighted by Crippen LogP contribution is -2.46. The van der Waals surface area contributed by atoms with Crippen LogP contribution in [0.2, 0.25) is 0 Å². The number of nitrogen functional groups attached to an aromatic ring is 1. The van der Waals surface area contributed by atoms with Crippen LogP contribution in [0.4, 0.5) is 10.9 Å². The van der Waals surface area contributed by atoms with Crippen LogP contribution in [0.1, 0.15) is 55.6 Å². The highest BCUT2D eigenvalue weighted by molar-refractivity contribution is 7.18. The van der Waals surface area contributed by atoms with Gasteiger partial charge in [0.15, 0.2) is 5.13 Å². The summed E-state index contributed by atoms with van der Waals surface area (Å²) < 4.78 is 0. The zero-order valence-corrected chi connectivity index (χ0v) is 13.4. The number of aromatic nitrogens is 1. The van der Waals surface area contributed by atoms with E-state index in [2.05, 4.69) is 15.6 Å². The maximum Gasteiger partial charge on any atom is 0.265 e. The molecule has 1 fully saturated rings. The number of aliphatic hydroxyl groups is 1. The van der Waals surface area contributed by atoms with Crippen LogP contribution in [-0.4, -0.2) is 34.2 Å². The van der Waals surface area contributed by atoms with Gasteiger partial charge in [-0.1, -0.05) is 18.3 Å². The predicted octanol–water partition coefficient (Wildman–Crippen LogP) is 1.97. The smallest absolute Gasteiger partial charge is 0.265 e. The quantitative estimate of drug-likeness (QED) is 0.617. The van der Waals surface area contributed by atoms with E-state index in [1.807, 2.05) is 13.8 Å². The molecule has 1 aromatic rings. The molecule has 1 aliphatic rings. The third-order valence-electron chi connectivity index (χ3n) is 4.15. The van der Waals surface area contributed by atoms with E-state index in [1.54, 1.807) is 0 Å². The van der Waals surface area contributed by atoms with Gasteiger partial charge in [-0.25, -0.2) is 4.98 Å². The van der Waals surface area contributed by atoms with Gasteiger partial charge < -0.3 is 21.5 Å². The standard InChI is InChI=1S/C14H24N4O2S/c1-3-14(2,7-8-19)18-12(20)10-11(15)17-13(21-10)16-9-5-4-6-9/h9,19H,3-8,15H2,1-2H3,(H,16,17)(H,18,20). The van der Waals surface area contributed by atoms with E-state index in [9.17, 15) is 4.79 Å². The van der Waals surface area contributed by atoms with Crippen molar-refractivity contribution >= 4 is 28.2 Å². The van der Waals surface area contributed by atoms with E-state index in [4.69, 9.17) is 10.8 Å². The van der Waals surface area contributed by atoms with Gasteiger partial charge in [-0.05, 0) is 39.0 Å². The molecule has 7 heteroatoms. The van der Waals surface area contributed by atoms with Crippen molar-refractivity contribution < 1.29 is 9.90 Å². The van der Waals surface area contributed by atoms with Crippen molar-refractivity contribution in [2.24, 2.45) is 0 Å². The van der Waals surface area contributed by atoms with E-state index in [-0.39, 0.29) is 18.3 Å². The zero-order valence-electron chi connectivity index (χ0n) is 12.6. The van der Waals surface area contributed by atoms with Gasteiger partial charge >= 0.3 is 0 Å². The molecule has 0 radical (unpaired) electrons. The second-order valence-corrected chi connectivity index (χ2v) is 6.85. The summed E-state index contributed by atoms with van der Waals surface area (Å²) in [6.45, 7) is 3.94. The molecular formula is C14H24N4O2S. The Balaban J connectivity index is 2.04. The lowest BCUT2D eigenvalue weighted by Gasteiger charge is -2.28. The molecule has 6 nitrogen and oxygen atoms in total. The molecule has 1 saturated carbocycles. The molecule has 0 bridgehead atoms. The van der Waals surface area contributed by atoms with Gasteiger partial charge in [-0.2, -0.15) is 0 Å². The molecule has 0 aromatic carbocycles. The normalized spacial score (nSPS) is 17.9. The summed E-state index contributed by atoms with van der Waals surface area (Å²) in [6, 6.07) is 0.460. The highest BCUT2D eigenvalue weighted by atomic mass is 32.1. The first-order valence-corrected chi connectivity index (χ1v) is 8.25. The number of carbonyl (C=O) groups excluding carboxylic acids is 1. The number of hydrogen-bond acceptors (Lipinski definition) is 6. The summed E-state index contributed by atoms with van der Waals surface area (Å²) in [5.41, 5.74) is 5.43. The minimum Gasteiger partial charge on any atom is -0.396 e. The van der Waals surface area contributed by atoms with Gasteiger partial charge in [0, 0.05) is 18.2 Å².